The van der Waals surface area contributed by atoms with Crippen molar-refractivity contribution in [2.75, 3.05) is 6.54 Å². The summed E-state index contributed by atoms with van der Waals surface area (Å²) >= 11 is 0. The van der Waals surface area contributed by atoms with Crippen LogP contribution in [0, 0.1) is 28.6 Å². The number of hydrogen-bond donors (Lipinski definition) is 2. The number of rotatable bonds is 5. The summed E-state index contributed by atoms with van der Waals surface area (Å²) in [6, 6.07) is 0.425. The largest absolute Gasteiger partial charge is 0.370 e. The lowest BCUT2D eigenvalue weighted by atomic mass is 9.50. The number of hydrogen-bond acceptors (Lipinski definition) is 4. The average molecular weight is 398 g/mol. The monoisotopic (exact) mass is 397 g/mol. The van der Waals surface area contributed by atoms with Gasteiger partial charge in [0.15, 0.2) is 11.7 Å². The van der Waals surface area contributed by atoms with E-state index in [1.807, 2.05) is 0 Å². The second-order valence-corrected chi connectivity index (χ2v) is 11.2. The van der Waals surface area contributed by atoms with Crippen LogP contribution in [-0.2, 0) is 4.79 Å². The summed E-state index contributed by atoms with van der Waals surface area (Å²) in [6.07, 6.45) is 14.6. The Morgan fingerprint density at radius 1 is 1.14 bits per heavy atom. The van der Waals surface area contributed by atoms with Crippen LogP contribution in [0.3, 0.4) is 0 Å². The quantitative estimate of drug-likeness (QED) is 0.704. The normalized spacial score (nSPS) is 38.9. The molecule has 5 rings (SSSR count). The minimum absolute atomic E-state index is 0.192. The first kappa shape index (κ1) is 19.6. The lowest BCUT2D eigenvalue weighted by Crippen LogP contribution is -2.48. The van der Waals surface area contributed by atoms with Gasteiger partial charge in [-0.2, -0.15) is 0 Å². The molecule has 1 aliphatic heterocycles. The second kappa shape index (κ2) is 7.13. The van der Waals surface area contributed by atoms with Crippen molar-refractivity contribution >= 4 is 11.7 Å². The van der Waals surface area contributed by atoms with E-state index in [4.69, 9.17) is 5.73 Å². The zero-order valence-electron chi connectivity index (χ0n) is 18.4. The zero-order valence-corrected chi connectivity index (χ0v) is 18.4. The molecule has 0 aromatic heterocycles. The van der Waals surface area contributed by atoms with Crippen LogP contribution < -0.4 is 11.1 Å². The van der Waals surface area contributed by atoms with Gasteiger partial charge >= 0.3 is 0 Å². The lowest BCUT2D eigenvalue weighted by Gasteiger charge is -2.54. The van der Waals surface area contributed by atoms with E-state index in [0.29, 0.717) is 23.2 Å². The van der Waals surface area contributed by atoms with Gasteiger partial charge in [0.2, 0.25) is 0 Å². The van der Waals surface area contributed by atoms with E-state index in [0.717, 1.165) is 56.4 Å². The molecule has 4 atom stereocenters. The molecule has 1 heterocycles. The fourth-order valence-corrected chi connectivity index (χ4v) is 8.31. The molecule has 0 radical (unpaired) electrons. The average Bonchev–Trinajstić information content (AvgIpc) is 3.31. The SMILES string of the molecule is CC1(C)C2CCC(C3CCCC3)C13CC(=O)C(CCCC1CCN=C(N)N1)=C3C2. The first-order valence-electron chi connectivity index (χ1n) is 12.3. The van der Waals surface area contributed by atoms with Gasteiger partial charge in [-0.3, -0.25) is 9.79 Å². The van der Waals surface area contributed by atoms with Crippen molar-refractivity contribution in [3.8, 4) is 0 Å². The molecular formula is C25H39N3O. The maximum Gasteiger partial charge on any atom is 0.188 e. The van der Waals surface area contributed by atoms with Gasteiger partial charge in [-0.05, 0) is 73.7 Å². The number of ketones is 1. The van der Waals surface area contributed by atoms with Crippen molar-refractivity contribution in [1.29, 1.82) is 0 Å². The topological polar surface area (TPSA) is 67.5 Å². The van der Waals surface area contributed by atoms with Crippen LogP contribution in [-0.4, -0.2) is 24.3 Å². The number of nitrogens with zero attached hydrogens (tertiary/aromatic N) is 1. The van der Waals surface area contributed by atoms with Gasteiger partial charge in [0, 0.05) is 24.4 Å². The molecular weight excluding hydrogens is 358 g/mol. The van der Waals surface area contributed by atoms with Gasteiger partial charge in [-0.15, -0.1) is 0 Å². The highest BCUT2D eigenvalue weighted by molar-refractivity contribution is 6.00. The van der Waals surface area contributed by atoms with Crippen LogP contribution >= 0.6 is 0 Å². The smallest absolute Gasteiger partial charge is 0.188 e. The molecule has 0 saturated heterocycles. The fourth-order valence-electron chi connectivity index (χ4n) is 8.31. The second-order valence-electron chi connectivity index (χ2n) is 11.2. The van der Waals surface area contributed by atoms with E-state index < -0.39 is 0 Å². The van der Waals surface area contributed by atoms with Crippen LogP contribution in [0.2, 0.25) is 0 Å². The highest BCUT2D eigenvalue weighted by atomic mass is 16.1. The molecule has 29 heavy (non-hydrogen) atoms. The fraction of sp³-hybridized carbons (Fsp3) is 0.840. The molecule has 1 spiro atoms. The highest BCUT2D eigenvalue weighted by Crippen LogP contribution is 2.74. The Bertz CT molecular complexity index is 745. The number of Topliss-reactive ketones (excluding diaryl/α,β-unsaturated/α-hetero) is 1. The lowest BCUT2D eigenvalue weighted by molar-refractivity contribution is -0.121. The van der Waals surface area contributed by atoms with Crippen molar-refractivity contribution in [2.45, 2.75) is 96.9 Å². The number of aliphatic imine (C=N–C) groups is 1. The molecule has 4 heteroatoms. The van der Waals surface area contributed by atoms with Gasteiger partial charge < -0.3 is 11.1 Å². The molecule has 160 valence electrons. The molecule has 3 fully saturated rings. The summed E-state index contributed by atoms with van der Waals surface area (Å²) in [6.45, 7) is 5.85. The molecule has 5 aliphatic rings. The summed E-state index contributed by atoms with van der Waals surface area (Å²) in [4.78, 5) is 17.6. The summed E-state index contributed by atoms with van der Waals surface area (Å²) < 4.78 is 0. The van der Waals surface area contributed by atoms with E-state index in [9.17, 15) is 4.79 Å². The first-order chi connectivity index (χ1) is 13.9. The third kappa shape index (κ3) is 2.91. The van der Waals surface area contributed by atoms with Crippen molar-refractivity contribution in [3.05, 3.63) is 11.1 Å². The van der Waals surface area contributed by atoms with Gasteiger partial charge in [0.25, 0.3) is 0 Å². The number of allylic oxidation sites excluding steroid dienone is 2. The van der Waals surface area contributed by atoms with E-state index in [1.165, 1.54) is 50.5 Å². The molecule has 0 aromatic rings. The maximum atomic E-state index is 13.4. The molecule has 2 bridgehead atoms. The van der Waals surface area contributed by atoms with Crippen molar-refractivity contribution in [2.24, 2.45) is 39.3 Å². The molecule has 0 amide bonds. The van der Waals surface area contributed by atoms with Gasteiger partial charge in [0.1, 0.15) is 0 Å². The summed E-state index contributed by atoms with van der Waals surface area (Å²) in [5, 5.41) is 3.32. The molecule has 4 nitrogen and oxygen atoms in total. The Hall–Kier alpha value is -1.32. The molecule has 0 aromatic carbocycles. The van der Waals surface area contributed by atoms with Crippen LogP contribution in [0.1, 0.15) is 90.9 Å². The minimum atomic E-state index is 0.192. The van der Waals surface area contributed by atoms with Crippen molar-refractivity contribution in [3.63, 3.8) is 0 Å². The Morgan fingerprint density at radius 3 is 2.69 bits per heavy atom. The Morgan fingerprint density at radius 2 is 1.93 bits per heavy atom. The number of carbonyl (C=O) groups is 1. The first-order valence-corrected chi connectivity index (χ1v) is 12.3. The van der Waals surface area contributed by atoms with E-state index in [2.05, 4.69) is 24.2 Å². The summed E-state index contributed by atoms with van der Waals surface area (Å²) in [5.41, 5.74) is 9.22. The van der Waals surface area contributed by atoms with Gasteiger partial charge in [-0.25, -0.2) is 0 Å². The van der Waals surface area contributed by atoms with Crippen LogP contribution in [0.15, 0.2) is 16.1 Å². The van der Waals surface area contributed by atoms with Crippen molar-refractivity contribution in [1.82, 2.24) is 5.32 Å². The van der Waals surface area contributed by atoms with Crippen LogP contribution in [0.25, 0.3) is 0 Å². The van der Waals surface area contributed by atoms with Crippen molar-refractivity contribution < 1.29 is 4.79 Å². The zero-order chi connectivity index (χ0) is 20.2. The Labute approximate surface area is 176 Å². The third-order valence-corrected chi connectivity index (χ3v) is 9.82. The number of carbonyl (C=O) groups excluding carboxylic acids is 1. The third-order valence-electron chi connectivity index (χ3n) is 9.82. The standard InChI is InChI=1S/C25H39N3O/c1-24(2)17-10-11-20(16-6-3-4-7-16)25(24)15-22(29)19(21(25)14-17)9-5-8-18-12-13-27-23(26)28-18/h16-18,20H,3-15H2,1-2H3,(H3,26,27,28). The van der Waals surface area contributed by atoms with E-state index in [1.54, 1.807) is 5.57 Å². The van der Waals surface area contributed by atoms with Gasteiger partial charge in [0.05, 0.1) is 0 Å². The van der Waals surface area contributed by atoms with Crippen LogP contribution in [0.5, 0.6) is 0 Å². The number of nitrogens with one attached hydrogen (secondary N) is 1. The molecule has 4 unspecified atom stereocenters. The Kier molecular flexibility index (Phi) is 4.83. The van der Waals surface area contributed by atoms with E-state index in [-0.39, 0.29) is 5.41 Å². The predicted octanol–water partition coefficient (Wildman–Crippen LogP) is 4.74. The van der Waals surface area contributed by atoms with Gasteiger partial charge in [-0.1, -0.05) is 45.1 Å². The van der Waals surface area contributed by atoms with Crippen LogP contribution in [0.4, 0.5) is 0 Å². The maximum absolute atomic E-state index is 13.4. The number of nitrogens with two attached hydrogens (primary N) is 1. The summed E-state index contributed by atoms with van der Waals surface area (Å²) in [7, 11) is 0. The van der Waals surface area contributed by atoms with E-state index >= 15 is 0 Å². The summed E-state index contributed by atoms with van der Waals surface area (Å²) in [5.74, 6) is 3.49. The minimum Gasteiger partial charge on any atom is -0.370 e. The highest BCUT2D eigenvalue weighted by Gasteiger charge is 2.67. The Balaban J connectivity index is 1.38. The number of fused-ring (bicyclic) bond motifs is 1. The molecule has 3 saturated carbocycles. The predicted molar refractivity (Wildman–Crippen MR) is 118 cm³/mol. The number of guanidine groups is 1. The molecule has 3 N–H and O–H groups in total. The molecule has 4 aliphatic carbocycles.